The zero-order valence-electron chi connectivity index (χ0n) is 9.23. The van der Waals surface area contributed by atoms with Gasteiger partial charge in [-0.2, -0.15) is 0 Å². The Morgan fingerprint density at radius 3 is 2.41 bits per heavy atom. The first-order valence-electron chi connectivity index (χ1n) is 5.19. The van der Waals surface area contributed by atoms with E-state index in [1.54, 1.807) is 18.2 Å². The summed E-state index contributed by atoms with van der Waals surface area (Å²) >= 11 is 0. The molecule has 2 aromatic carbocycles. The number of halogens is 2. The SMILES string of the molecule is CC(F)(F)C(OO)c1cccc2ccccc12. The first-order valence-corrected chi connectivity index (χ1v) is 5.19. The third kappa shape index (κ3) is 2.28. The molecule has 1 unspecified atom stereocenters. The van der Waals surface area contributed by atoms with Crippen molar-refractivity contribution < 1.29 is 18.9 Å². The van der Waals surface area contributed by atoms with E-state index in [0.29, 0.717) is 5.39 Å². The van der Waals surface area contributed by atoms with E-state index in [-0.39, 0.29) is 5.56 Å². The first-order chi connectivity index (χ1) is 8.04. The number of hydrogen-bond donors (Lipinski definition) is 1. The average molecular weight is 238 g/mol. The first kappa shape index (κ1) is 12.0. The van der Waals surface area contributed by atoms with Crippen LogP contribution in [0.25, 0.3) is 10.8 Å². The van der Waals surface area contributed by atoms with Crippen LogP contribution in [-0.4, -0.2) is 11.2 Å². The summed E-state index contributed by atoms with van der Waals surface area (Å²) < 4.78 is 26.6. The molecule has 0 radical (unpaired) electrons. The Labute approximate surface area is 97.4 Å². The molecule has 0 saturated heterocycles. The Morgan fingerprint density at radius 1 is 1.12 bits per heavy atom. The molecule has 17 heavy (non-hydrogen) atoms. The largest absolute Gasteiger partial charge is 0.278 e. The van der Waals surface area contributed by atoms with Gasteiger partial charge in [0.15, 0.2) is 6.10 Å². The van der Waals surface area contributed by atoms with Crippen molar-refractivity contribution in [2.75, 3.05) is 0 Å². The number of fused-ring (bicyclic) bond motifs is 1. The van der Waals surface area contributed by atoms with Crippen LogP contribution in [0.2, 0.25) is 0 Å². The van der Waals surface area contributed by atoms with Crippen LogP contribution in [0, 0.1) is 0 Å². The van der Waals surface area contributed by atoms with E-state index < -0.39 is 12.0 Å². The molecule has 1 N–H and O–H groups in total. The molecular formula is C13H12F2O2. The minimum atomic E-state index is -3.15. The maximum atomic E-state index is 13.3. The topological polar surface area (TPSA) is 29.5 Å². The second-order valence-corrected chi connectivity index (χ2v) is 4.01. The van der Waals surface area contributed by atoms with Gasteiger partial charge in [0.25, 0.3) is 5.92 Å². The summed E-state index contributed by atoms with van der Waals surface area (Å²) in [6.45, 7) is 0.718. The fraction of sp³-hybridized carbons (Fsp3) is 0.231. The van der Waals surface area contributed by atoms with Gasteiger partial charge in [-0.3, -0.25) is 5.26 Å². The quantitative estimate of drug-likeness (QED) is 0.646. The van der Waals surface area contributed by atoms with Gasteiger partial charge in [-0.05, 0) is 16.3 Å². The van der Waals surface area contributed by atoms with E-state index in [0.717, 1.165) is 12.3 Å². The predicted octanol–water partition coefficient (Wildman–Crippen LogP) is 4.03. The number of rotatable bonds is 3. The van der Waals surface area contributed by atoms with Crippen LogP contribution in [0.1, 0.15) is 18.6 Å². The fourth-order valence-corrected chi connectivity index (χ4v) is 1.90. The van der Waals surface area contributed by atoms with E-state index in [1.165, 1.54) is 6.07 Å². The molecule has 0 aliphatic rings. The van der Waals surface area contributed by atoms with Crippen LogP contribution in [0.5, 0.6) is 0 Å². The lowest BCUT2D eigenvalue weighted by Crippen LogP contribution is -2.24. The Morgan fingerprint density at radius 2 is 1.76 bits per heavy atom. The van der Waals surface area contributed by atoms with Gasteiger partial charge < -0.3 is 0 Å². The summed E-state index contributed by atoms with van der Waals surface area (Å²) in [5.74, 6) is -3.15. The van der Waals surface area contributed by atoms with E-state index >= 15 is 0 Å². The van der Waals surface area contributed by atoms with Crippen LogP contribution in [-0.2, 0) is 4.89 Å². The van der Waals surface area contributed by atoms with Gasteiger partial charge in [0.05, 0.1) is 0 Å². The van der Waals surface area contributed by atoms with Gasteiger partial charge in [-0.1, -0.05) is 42.5 Å². The molecular weight excluding hydrogens is 226 g/mol. The molecule has 0 saturated carbocycles. The molecule has 4 heteroatoms. The molecule has 0 spiro atoms. The molecule has 0 fully saturated rings. The molecule has 2 nitrogen and oxygen atoms in total. The average Bonchev–Trinajstić information content (AvgIpc) is 2.28. The summed E-state index contributed by atoms with van der Waals surface area (Å²) in [6.07, 6.45) is -1.66. The summed E-state index contributed by atoms with van der Waals surface area (Å²) in [4.78, 5) is 3.96. The fourth-order valence-electron chi connectivity index (χ4n) is 1.90. The van der Waals surface area contributed by atoms with E-state index in [1.807, 2.05) is 18.2 Å². The monoisotopic (exact) mass is 238 g/mol. The minimum absolute atomic E-state index is 0.276. The smallest absolute Gasteiger partial charge is 0.251 e. The molecule has 0 aromatic heterocycles. The number of hydrogen-bond acceptors (Lipinski definition) is 2. The highest BCUT2D eigenvalue weighted by molar-refractivity contribution is 5.86. The Kier molecular flexibility index (Phi) is 3.09. The lowest BCUT2D eigenvalue weighted by molar-refractivity contribution is -0.324. The molecule has 90 valence electrons. The van der Waals surface area contributed by atoms with Crippen molar-refractivity contribution in [3.8, 4) is 0 Å². The molecule has 0 amide bonds. The summed E-state index contributed by atoms with van der Waals surface area (Å²) in [7, 11) is 0. The predicted molar refractivity (Wildman–Crippen MR) is 61.0 cm³/mol. The highest BCUT2D eigenvalue weighted by atomic mass is 19.3. The van der Waals surface area contributed by atoms with Crippen molar-refractivity contribution in [2.45, 2.75) is 19.0 Å². The Bertz CT molecular complexity index is 515. The van der Waals surface area contributed by atoms with Crippen LogP contribution in [0.4, 0.5) is 8.78 Å². The number of benzene rings is 2. The lowest BCUT2D eigenvalue weighted by Gasteiger charge is -2.21. The third-order valence-electron chi connectivity index (χ3n) is 2.67. The van der Waals surface area contributed by atoms with Crippen LogP contribution in [0.3, 0.4) is 0 Å². The number of alkyl halides is 2. The van der Waals surface area contributed by atoms with Crippen molar-refractivity contribution in [1.29, 1.82) is 0 Å². The lowest BCUT2D eigenvalue weighted by atomic mass is 9.97. The van der Waals surface area contributed by atoms with Crippen LogP contribution < -0.4 is 0 Å². The maximum absolute atomic E-state index is 13.3. The van der Waals surface area contributed by atoms with Crippen molar-refractivity contribution >= 4 is 10.8 Å². The molecule has 0 aliphatic carbocycles. The second kappa shape index (κ2) is 4.39. The molecule has 1 atom stereocenters. The van der Waals surface area contributed by atoms with Crippen molar-refractivity contribution in [1.82, 2.24) is 0 Å². The molecule has 2 aromatic rings. The van der Waals surface area contributed by atoms with Gasteiger partial charge in [-0.15, -0.1) is 0 Å². The molecule has 0 bridgehead atoms. The van der Waals surface area contributed by atoms with Crippen molar-refractivity contribution in [2.24, 2.45) is 0 Å². The summed E-state index contributed by atoms with van der Waals surface area (Å²) in [6, 6.07) is 12.1. The van der Waals surface area contributed by atoms with Crippen LogP contribution in [0.15, 0.2) is 42.5 Å². The van der Waals surface area contributed by atoms with Gasteiger partial charge in [0.1, 0.15) is 0 Å². The van der Waals surface area contributed by atoms with Gasteiger partial charge >= 0.3 is 0 Å². The minimum Gasteiger partial charge on any atom is -0.251 e. The Balaban J connectivity index is 2.62. The highest BCUT2D eigenvalue weighted by Gasteiger charge is 2.37. The van der Waals surface area contributed by atoms with Crippen LogP contribution >= 0.6 is 0 Å². The maximum Gasteiger partial charge on any atom is 0.278 e. The van der Waals surface area contributed by atoms with Gasteiger partial charge in [0, 0.05) is 6.92 Å². The third-order valence-corrected chi connectivity index (χ3v) is 2.67. The molecule has 0 aliphatic heterocycles. The second-order valence-electron chi connectivity index (χ2n) is 4.01. The zero-order chi connectivity index (χ0) is 12.5. The van der Waals surface area contributed by atoms with Gasteiger partial charge in [0.2, 0.25) is 0 Å². The van der Waals surface area contributed by atoms with Crippen molar-refractivity contribution in [3.05, 3.63) is 48.0 Å². The zero-order valence-corrected chi connectivity index (χ0v) is 9.23. The van der Waals surface area contributed by atoms with Gasteiger partial charge in [-0.25, -0.2) is 13.7 Å². The molecule has 2 rings (SSSR count). The normalized spacial score (nSPS) is 13.9. The summed E-state index contributed by atoms with van der Waals surface area (Å²) in [5.41, 5.74) is 0.276. The summed E-state index contributed by atoms with van der Waals surface area (Å²) in [5, 5.41) is 10.2. The standard InChI is InChI=1S/C13H12F2O2/c1-13(14,15)12(17-16)11-8-4-6-9-5-2-3-7-10(9)11/h2-8,12,16H,1H3. The Hall–Kier alpha value is -1.52. The van der Waals surface area contributed by atoms with E-state index in [9.17, 15) is 8.78 Å². The highest BCUT2D eigenvalue weighted by Crippen LogP contribution is 2.36. The molecule has 0 heterocycles. The van der Waals surface area contributed by atoms with E-state index in [4.69, 9.17) is 5.26 Å². The van der Waals surface area contributed by atoms with Crippen molar-refractivity contribution in [3.63, 3.8) is 0 Å². The van der Waals surface area contributed by atoms with E-state index in [2.05, 4.69) is 4.89 Å².